The van der Waals surface area contributed by atoms with Crippen LogP contribution in [-0.4, -0.2) is 55.5 Å². The number of hydrogen-bond donors (Lipinski definition) is 3. The maximum Gasteiger partial charge on any atom is 0.408 e. The fraction of sp³-hybridized carbons (Fsp3) is 0.565. The van der Waals surface area contributed by atoms with E-state index in [4.69, 9.17) is 9.84 Å². The first kappa shape index (κ1) is 25.8. The number of alkyl carbamates (subject to hydrolysis) is 1. The summed E-state index contributed by atoms with van der Waals surface area (Å²) in [5.41, 5.74) is -0.755. The zero-order valence-electron chi connectivity index (χ0n) is 19.2. The molecule has 2 unspecified atom stereocenters. The molecular formula is C23H30N2O8S. The summed E-state index contributed by atoms with van der Waals surface area (Å²) in [5.74, 6) is -2.54. The molecule has 2 aliphatic carbocycles. The average molecular weight is 495 g/mol. The third-order valence-corrected chi connectivity index (χ3v) is 8.77. The second-order valence-corrected chi connectivity index (χ2v) is 11.4. The number of carbonyl (C=O) groups is 4. The molecule has 3 rings (SSSR count). The van der Waals surface area contributed by atoms with E-state index in [1.54, 1.807) is 30.3 Å². The quantitative estimate of drug-likeness (QED) is 0.419. The predicted molar refractivity (Wildman–Crippen MR) is 121 cm³/mol. The van der Waals surface area contributed by atoms with Gasteiger partial charge in [-0.1, -0.05) is 44.2 Å². The van der Waals surface area contributed by atoms with Crippen LogP contribution in [0.2, 0.25) is 0 Å². The van der Waals surface area contributed by atoms with E-state index in [-0.39, 0.29) is 18.3 Å². The number of rotatable bonds is 11. The Kier molecular flexibility index (Phi) is 7.47. The lowest BCUT2D eigenvalue weighted by Crippen LogP contribution is -2.49. The number of hydrogen-bond acceptors (Lipinski definition) is 7. The van der Waals surface area contributed by atoms with E-state index < -0.39 is 63.5 Å². The summed E-state index contributed by atoms with van der Waals surface area (Å²) < 4.78 is 32.8. The van der Waals surface area contributed by atoms with Crippen molar-refractivity contribution in [3.05, 3.63) is 35.9 Å². The van der Waals surface area contributed by atoms with Crippen LogP contribution in [0.4, 0.5) is 4.79 Å². The maximum absolute atomic E-state index is 12.8. The number of fused-ring (bicyclic) bond motifs is 2. The standard InChI is InChI=1S/C23H30N2O8S/c1-22(2)16-8-9-23(22,19(27)10-16)14-34(31,32)24-12-18(26)17(11-20(28)29)25-21(30)33-13-15-6-4-3-5-7-15/h3-7,16-17,24H,8-14H2,1-2H3,(H,25,30)(H,28,29)/t16?,17?,23-/m0/s1. The van der Waals surface area contributed by atoms with E-state index in [0.29, 0.717) is 18.4 Å². The largest absolute Gasteiger partial charge is 0.481 e. The van der Waals surface area contributed by atoms with Crippen molar-refractivity contribution in [2.75, 3.05) is 12.3 Å². The van der Waals surface area contributed by atoms with Gasteiger partial charge >= 0.3 is 12.1 Å². The van der Waals surface area contributed by atoms with Crippen LogP contribution in [0, 0.1) is 16.7 Å². The number of sulfonamides is 1. The van der Waals surface area contributed by atoms with Gasteiger partial charge in [-0.3, -0.25) is 14.4 Å². The minimum absolute atomic E-state index is 0.0722. The van der Waals surface area contributed by atoms with E-state index in [1.807, 2.05) is 13.8 Å². The van der Waals surface area contributed by atoms with Crippen molar-refractivity contribution in [1.29, 1.82) is 0 Å². The number of carboxylic acids is 1. The van der Waals surface area contributed by atoms with Gasteiger partial charge in [0.15, 0.2) is 5.78 Å². The lowest BCUT2D eigenvalue weighted by atomic mass is 9.70. The molecule has 0 aliphatic heterocycles. The van der Waals surface area contributed by atoms with Crippen LogP contribution in [0.5, 0.6) is 0 Å². The molecule has 0 saturated heterocycles. The van der Waals surface area contributed by atoms with Gasteiger partial charge < -0.3 is 15.2 Å². The van der Waals surface area contributed by atoms with Crippen LogP contribution in [-0.2, 0) is 35.8 Å². The molecule has 1 amide bonds. The predicted octanol–water partition coefficient (Wildman–Crippen LogP) is 1.64. The normalized spacial score (nSPS) is 23.9. The van der Waals surface area contributed by atoms with Crippen LogP contribution >= 0.6 is 0 Å². The molecule has 2 fully saturated rings. The molecule has 2 saturated carbocycles. The van der Waals surface area contributed by atoms with Gasteiger partial charge in [-0.2, -0.15) is 0 Å². The fourth-order valence-electron chi connectivity index (χ4n) is 5.11. The molecule has 11 heteroatoms. The number of carboxylic acid groups (broad SMARTS) is 1. The minimum atomic E-state index is -4.03. The van der Waals surface area contributed by atoms with Crippen molar-refractivity contribution >= 4 is 33.7 Å². The monoisotopic (exact) mass is 494 g/mol. The minimum Gasteiger partial charge on any atom is -0.481 e. The SMILES string of the molecule is CC1(C)C2CC[C@]1(CS(=O)(=O)NCC(=O)C(CC(=O)O)NC(=O)OCc1ccccc1)C(=O)C2. The number of Topliss-reactive ketones (excluding diaryl/α,β-unsaturated/α-hetero) is 2. The highest BCUT2D eigenvalue weighted by Gasteiger charge is 2.65. The Balaban J connectivity index is 1.59. The van der Waals surface area contributed by atoms with Gasteiger partial charge in [-0.15, -0.1) is 0 Å². The molecular weight excluding hydrogens is 464 g/mol. The second-order valence-electron chi connectivity index (χ2n) is 9.57. The van der Waals surface area contributed by atoms with Crippen LogP contribution in [0.3, 0.4) is 0 Å². The zero-order chi connectivity index (χ0) is 25.1. The van der Waals surface area contributed by atoms with Crippen LogP contribution in [0.1, 0.15) is 45.1 Å². The third-order valence-electron chi connectivity index (χ3n) is 7.31. The molecule has 2 bridgehead atoms. The number of ketones is 2. The van der Waals surface area contributed by atoms with Crippen LogP contribution in [0.25, 0.3) is 0 Å². The summed E-state index contributed by atoms with van der Waals surface area (Å²) in [6.07, 6.45) is -0.118. The molecule has 1 aromatic carbocycles. The molecule has 0 spiro atoms. The molecule has 3 N–H and O–H groups in total. The maximum atomic E-state index is 12.8. The molecule has 2 aliphatic rings. The first-order chi connectivity index (χ1) is 15.9. The number of amides is 1. The van der Waals surface area contributed by atoms with Crippen LogP contribution in [0.15, 0.2) is 30.3 Å². The molecule has 0 heterocycles. The van der Waals surface area contributed by atoms with Gasteiger partial charge in [0, 0.05) is 11.8 Å². The Bertz CT molecular complexity index is 1070. The molecule has 10 nitrogen and oxygen atoms in total. The zero-order valence-corrected chi connectivity index (χ0v) is 20.0. The Hall–Kier alpha value is -2.79. The van der Waals surface area contributed by atoms with Crippen molar-refractivity contribution in [3.63, 3.8) is 0 Å². The molecule has 1 aromatic rings. The second kappa shape index (κ2) is 9.83. The number of aliphatic carboxylic acids is 1. The fourth-order valence-corrected chi connectivity index (χ4v) is 6.91. The number of carbonyl (C=O) groups excluding carboxylic acids is 3. The number of benzene rings is 1. The molecule has 3 atom stereocenters. The highest BCUT2D eigenvalue weighted by Crippen LogP contribution is 2.64. The summed E-state index contributed by atoms with van der Waals surface area (Å²) in [6, 6.07) is 7.27. The van der Waals surface area contributed by atoms with E-state index in [2.05, 4.69) is 10.0 Å². The average Bonchev–Trinajstić information content (AvgIpc) is 3.10. The Morgan fingerprint density at radius 3 is 2.44 bits per heavy atom. The van der Waals surface area contributed by atoms with Crippen LogP contribution < -0.4 is 10.0 Å². The topological polar surface area (TPSA) is 156 Å². The number of ether oxygens (including phenoxy) is 1. The van der Waals surface area contributed by atoms with E-state index in [0.717, 1.165) is 6.42 Å². The summed E-state index contributed by atoms with van der Waals surface area (Å²) in [5, 5.41) is 11.3. The molecule has 0 aromatic heterocycles. The first-order valence-electron chi connectivity index (χ1n) is 11.1. The Morgan fingerprint density at radius 1 is 1.21 bits per heavy atom. The molecule has 186 valence electrons. The number of nitrogens with one attached hydrogen (secondary N) is 2. The first-order valence-corrected chi connectivity index (χ1v) is 12.7. The lowest BCUT2D eigenvalue weighted by molar-refractivity contribution is -0.139. The van der Waals surface area contributed by atoms with Gasteiger partial charge in [0.2, 0.25) is 10.0 Å². The Labute approximate surface area is 198 Å². The summed E-state index contributed by atoms with van der Waals surface area (Å²) >= 11 is 0. The highest BCUT2D eigenvalue weighted by molar-refractivity contribution is 7.89. The Morgan fingerprint density at radius 2 is 1.88 bits per heavy atom. The van der Waals surface area contributed by atoms with Crippen molar-refractivity contribution in [3.8, 4) is 0 Å². The summed E-state index contributed by atoms with van der Waals surface area (Å²) in [6.45, 7) is 3.02. The van der Waals surface area contributed by atoms with Gasteiger partial charge in [0.25, 0.3) is 0 Å². The third kappa shape index (κ3) is 5.47. The van der Waals surface area contributed by atoms with E-state index in [1.165, 1.54) is 0 Å². The van der Waals surface area contributed by atoms with Gasteiger partial charge in [0.1, 0.15) is 18.4 Å². The van der Waals surface area contributed by atoms with Crippen molar-refractivity contribution in [2.24, 2.45) is 16.7 Å². The van der Waals surface area contributed by atoms with E-state index >= 15 is 0 Å². The van der Waals surface area contributed by atoms with Gasteiger partial charge in [0.05, 0.1) is 18.7 Å². The smallest absolute Gasteiger partial charge is 0.408 e. The van der Waals surface area contributed by atoms with Crippen molar-refractivity contribution in [1.82, 2.24) is 10.0 Å². The van der Waals surface area contributed by atoms with E-state index in [9.17, 15) is 27.6 Å². The summed E-state index contributed by atoms with van der Waals surface area (Å²) in [7, 11) is -4.03. The molecule has 0 radical (unpaired) electrons. The lowest BCUT2D eigenvalue weighted by Gasteiger charge is -2.36. The highest BCUT2D eigenvalue weighted by atomic mass is 32.2. The van der Waals surface area contributed by atoms with Gasteiger partial charge in [-0.05, 0) is 29.7 Å². The molecule has 34 heavy (non-hydrogen) atoms. The summed E-state index contributed by atoms with van der Waals surface area (Å²) in [4.78, 5) is 48.5. The van der Waals surface area contributed by atoms with Gasteiger partial charge in [-0.25, -0.2) is 17.9 Å². The van der Waals surface area contributed by atoms with Crippen molar-refractivity contribution in [2.45, 2.75) is 52.2 Å². The van der Waals surface area contributed by atoms with Crippen molar-refractivity contribution < 1.29 is 37.4 Å².